The van der Waals surface area contributed by atoms with Gasteiger partial charge in [-0.25, -0.2) is 4.99 Å². The number of hydrogen-bond acceptors (Lipinski definition) is 3. The van der Waals surface area contributed by atoms with Crippen LogP contribution < -0.4 is 4.74 Å². The van der Waals surface area contributed by atoms with Crippen LogP contribution in [0.15, 0.2) is 17.1 Å². The van der Waals surface area contributed by atoms with Crippen molar-refractivity contribution in [3.8, 4) is 5.75 Å². The van der Waals surface area contributed by atoms with E-state index in [1.165, 1.54) is 19.2 Å². The number of ether oxygens (including phenoxy) is 1. The Kier molecular flexibility index (Phi) is 6.45. The highest BCUT2D eigenvalue weighted by Crippen LogP contribution is 2.53. The second kappa shape index (κ2) is 8.09. The van der Waals surface area contributed by atoms with Gasteiger partial charge in [0.1, 0.15) is 5.75 Å². The van der Waals surface area contributed by atoms with Gasteiger partial charge >= 0.3 is 6.18 Å². The molecule has 0 bridgehead atoms. The van der Waals surface area contributed by atoms with Gasteiger partial charge in [-0.15, -0.1) is 0 Å². The van der Waals surface area contributed by atoms with Crippen LogP contribution in [0.5, 0.6) is 5.75 Å². The second-order valence-electron chi connectivity index (χ2n) is 7.59. The van der Waals surface area contributed by atoms with Gasteiger partial charge < -0.3 is 14.7 Å². The molecule has 0 aromatic heterocycles. The molecular weight excluding hydrogens is 357 g/mol. The number of methoxy groups -OCH3 is 1. The number of hydrogen-bond donors (Lipinski definition) is 1. The molecular formula is C20H29F3N2O2. The first-order chi connectivity index (χ1) is 12.5. The highest BCUT2D eigenvalue weighted by molar-refractivity contribution is 5.65. The summed E-state index contributed by atoms with van der Waals surface area (Å²) in [5, 5.41) is 10.9. The van der Waals surface area contributed by atoms with E-state index in [0.29, 0.717) is 36.9 Å². The maximum absolute atomic E-state index is 14.0. The Morgan fingerprint density at radius 2 is 1.85 bits per heavy atom. The molecule has 0 radical (unpaired) electrons. The van der Waals surface area contributed by atoms with Crippen molar-refractivity contribution >= 4 is 12.0 Å². The average molecular weight is 386 g/mol. The maximum atomic E-state index is 14.0. The first-order valence-corrected chi connectivity index (χ1v) is 9.26. The molecule has 0 amide bonds. The third-order valence-corrected chi connectivity index (χ3v) is 5.50. The zero-order valence-corrected chi connectivity index (χ0v) is 16.6. The Balaban J connectivity index is 2.54. The van der Waals surface area contributed by atoms with E-state index in [4.69, 9.17) is 4.74 Å². The van der Waals surface area contributed by atoms with Crippen molar-refractivity contribution in [2.75, 3.05) is 14.2 Å². The average Bonchev–Trinajstić information content (AvgIpc) is 3.13. The fraction of sp³-hybridized carbons (Fsp3) is 0.650. The molecule has 7 heteroatoms. The number of benzene rings is 1. The van der Waals surface area contributed by atoms with Crippen molar-refractivity contribution in [3.63, 3.8) is 0 Å². The lowest BCUT2D eigenvalue weighted by molar-refractivity contribution is -0.286. The number of aliphatic hydroxyl groups is 1. The Labute approximate surface area is 159 Å². The van der Waals surface area contributed by atoms with Crippen LogP contribution in [0, 0.1) is 12.8 Å². The van der Waals surface area contributed by atoms with Crippen molar-refractivity contribution in [1.29, 1.82) is 0 Å². The zero-order chi connectivity index (χ0) is 20.4. The lowest BCUT2D eigenvalue weighted by Crippen LogP contribution is -2.48. The predicted octanol–water partition coefficient (Wildman–Crippen LogP) is 4.94. The van der Waals surface area contributed by atoms with Crippen LogP contribution in [-0.4, -0.2) is 42.7 Å². The minimum atomic E-state index is -4.79. The molecule has 152 valence electrons. The summed E-state index contributed by atoms with van der Waals surface area (Å²) >= 11 is 0. The first-order valence-electron chi connectivity index (χ1n) is 9.26. The Morgan fingerprint density at radius 3 is 2.33 bits per heavy atom. The topological polar surface area (TPSA) is 45.1 Å². The van der Waals surface area contributed by atoms with E-state index in [-0.39, 0.29) is 17.4 Å². The summed E-state index contributed by atoms with van der Waals surface area (Å²) in [5.41, 5.74) is -2.08. The van der Waals surface area contributed by atoms with Gasteiger partial charge in [0.2, 0.25) is 0 Å². The van der Waals surface area contributed by atoms with Crippen molar-refractivity contribution in [1.82, 2.24) is 4.90 Å². The fourth-order valence-corrected chi connectivity index (χ4v) is 3.52. The molecule has 0 heterocycles. The quantitative estimate of drug-likeness (QED) is 0.556. The van der Waals surface area contributed by atoms with E-state index < -0.39 is 17.7 Å². The van der Waals surface area contributed by atoms with E-state index in [1.807, 2.05) is 25.8 Å². The summed E-state index contributed by atoms with van der Waals surface area (Å²) < 4.78 is 47.2. The Morgan fingerprint density at radius 1 is 1.26 bits per heavy atom. The summed E-state index contributed by atoms with van der Waals surface area (Å²) in [7, 11) is 3.19. The van der Waals surface area contributed by atoms with Gasteiger partial charge in [-0.3, -0.25) is 0 Å². The highest BCUT2D eigenvalue weighted by Gasteiger charge is 2.61. The molecule has 0 saturated heterocycles. The molecule has 0 spiro atoms. The van der Waals surface area contributed by atoms with Crippen molar-refractivity contribution in [2.45, 2.75) is 64.3 Å². The molecule has 1 fully saturated rings. The van der Waals surface area contributed by atoms with Crippen LogP contribution in [-0.2, 0) is 5.60 Å². The normalized spacial score (nSPS) is 18.3. The number of nitrogens with zero attached hydrogens (tertiary/aromatic N) is 2. The molecule has 0 aliphatic heterocycles. The van der Waals surface area contributed by atoms with Crippen molar-refractivity contribution in [3.05, 3.63) is 23.3 Å². The molecule has 4 nitrogen and oxygen atoms in total. The van der Waals surface area contributed by atoms with Crippen LogP contribution in [0.4, 0.5) is 18.9 Å². The molecule has 1 aliphatic rings. The molecule has 2 rings (SSSR count). The van der Waals surface area contributed by atoms with Crippen molar-refractivity contribution < 1.29 is 23.0 Å². The maximum Gasteiger partial charge on any atom is 0.421 e. The molecule has 27 heavy (non-hydrogen) atoms. The minimum Gasteiger partial charge on any atom is -0.496 e. The largest absolute Gasteiger partial charge is 0.496 e. The summed E-state index contributed by atoms with van der Waals surface area (Å²) in [4.78, 5) is 6.27. The van der Waals surface area contributed by atoms with Crippen LogP contribution in [0.3, 0.4) is 0 Å². The Hall–Kier alpha value is -1.76. The minimum absolute atomic E-state index is 0.00618. The van der Waals surface area contributed by atoms with Gasteiger partial charge in [0, 0.05) is 30.6 Å². The first kappa shape index (κ1) is 21.5. The van der Waals surface area contributed by atoms with Crippen LogP contribution in [0.1, 0.15) is 50.7 Å². The Bertz CT molecular complexity index is 683. The van der Waals surface area contributed by atoms with E-state index in [2.05, 4.69) is 4.99 Å². The van der Waals surface area contributed by atoms with Gasteiger partial charge in [0.05, 0.1) is 19.1 Å². The van der Waals surface area contributed by atoms with E-state index >= 15 is 0 Å². The number of alkyl halides is 3. The number of rotatable bonds is 6. The lowest BCUT2D eigenvalue weighted by atomic mass is 9.78. The summed E-state index contributed by atoms with van der Waals surface area (Å²) in [6.07, 6.45) is -1.08. The van der Waals surface area contributed by atoms with Crippen LogP contribution >= 0.6 is 0 Å². The van der Waals surface area contributed by atoms with Gasteiger partial charge in [-0.1, -0.05) is 12.8 Å². The molecule has 1 saturated carbocycles. The number of halogens is 3. The van der Waals surface area contributed by atoms with Gasteiger partial charge in [0.15, 0.2) is 5.60 Å². The number of aryl methyl sites for hydroxylation is 1. The van der Waals surface area contributed by atoms with E-state index in [9.17, 15) is 18.3 Å². The molecule has 1 aromatic carbocycles. The standard InChI is InChI=1S/C20H29F3N2O2/c1-13(2)25(4)12-24-17-11-18(27-5)16(10-14(17)3)19(26,20(21,22)23)15-8-6-7-9-15/h10-13,15,26H,6-9H2,1-5H3. The molecule has 1 aromatic rings. The van der Waals surface area contributed by atoms with E-state index in [1.54, 1.807) is 13.3 Å². The lowest BCUT2D eigenvalue weighted by Gasteiger charge is -2.37. The van der Waals surface area contributed by atoms with Gasteiger partial charge in [-0.05, 0) is 45.2 Å². The molecule has 1 atom stereocenters. The summed E-state index contributed by atoms with van der Waals surface area (Å²) in [6, 6.07) is 3.08. The number of aliphatic imine (C=N–C) groups is 1. The third kappa shape index (κ3) is 4.23. The molecule has 1 N–H and O–H groups in total. The van der Waals surface area contributed by atoms with E-state index in [0.717, 1.165) is 0 Å². The molecule has 1 unspecified atom stereocenters. The SMILES string of the molecule is COc1cc(N=CN(C)C(C)C)c(C)cc1C(O)(C1CCCC1)C(F)(F)F. The zero-order valence-electron chi connectivity index (χ0n) is 16.6. The van der Waals surface area contributed by atoms with Crippen LogP contribution in [0.2, 0.25) is 0 Å². The summed E-state index contributed by atoms with van der Waals surface area (Å²) in [6.45, 7) is 5.71. The monoisotopic (exact) mass is 386 g/mol. The third-order valence-electron chi connectivity index (χ3n) is 5.50. The highest BCUT2D eigenvalue weighted by atomic mass is 19.4. The van der Waals surface area contributed by atoms with Gasteiger partial charge in [-0.2, -0.15) is 13.2 Å². The van der Waals surface area contributed by atoms with Crippen LogP contribution in [0.25, 0.3) is 0 Å². The smallest absolute Gasteiger partial charge is 0.421 e. The predicted molar refractivity (Wildman–Crippen MR) is 101 cm³/mol. The fourth-order valence-electron chi connectivity index (χ4n) is 3.52. The van der Waals surface area contributed by atoms with Crippen molar-refractivity contribution in [2.24, 2.45) is 10.9 Å². The second-order valence-corrected chi connectivity index (χ2v) is 7.59. The summed E-state index contributed by atoms with van der Waals surface area (Å²) in [5.74, 6) is -0.862. The molecule has 1 aliphatic carbocycles. The van der Waals surface area contributed by atoms with Gasteiger partial charge in [0.25, 0.3) is 0 Å².